The fraction of sp³-hybridized carbons (Fsp3) is 0.200. The van der Waals surface area contributed by atoms with E-state index >= 15 is 0 Å². The summed E-state index contributed by atoms with van der Waals surface area (Å²) in [6, 6.07) is 13.4. The van der Waals surface area contributed by atoms with Crippen LogP contribution < -0.4 is 5.32 Å². The van der Waals surface area contributed by atoms with Gasteiger partial charge in [0.1, 0.15) is 0 Å². The highest BCUT2D eigenvalue weighted by atomic mass is 16.1. The molecule has 0 spiro atoms. The number of nitrogens with one attached hydrogen (secondary N) is 1. The van der Waals surface area contributed by atoms with Crippen LogP contribution in [0.25, 0.3) is 0 Å². The smallest absolute Gasteiger partial charge is 0.251 e. The number of aromatic nitrogens is 1. The predicted octanol–water partition coefficient (Wildman–Crippen LogP) is 2.88. The zero-order chi connectivity index (χ0) is 13.0. The van der Waals surface area contributed by atoms with Gasteiger partial charge in [0, 0.05) is 17.5 Å². The average Bonchev–Trinajstić information content (AvgIpc) is 2.39. The summed E-state index contributed by atoms with van der Waals surface area (Å²) in [4.78, 5) is 16.1. The molecule has 0 saturated heterocycles. The molecule has 3 heteroatoms. The molecule has 0 aliphatic heterocycles. The number of hydrogen-bond acceptors (Lipinski definition) is 2. The van der Waals surface area contributed by atoms with E-state index in [0.29, 0.717) is 5.56 Å². The van der Waals surface area contributed by atoms with Gasteiger partial charge in [0.05, 0.1) is 6.04 Å². The van der Waals surface area contributed by atoms with Crippen molar-refractivity contribution in [3.8, 4) is 0 Å². The molecule has 0 aliphatic carbocycles. The molecule has 18 heavy (non-hydrogen) atoms. The van der Waals surface area contributed by atoms with Gasteiger partial charge in [-0.1, -0.05) is 30.3 Å². The zero-order valence-corrected chi connectivity index (χ0v) is 10.6. The summed E-state index contributed by atoms with van der Waals surface area (Å²) < 4.78 is 0. The molecule has 1 atom stereocenters. The molecule has 1 aromatic carbocycles. The van der Waals surface area contributed by atoms with Crippen molar-refractivity contribution in [1.82, 2.24) is 10.3 Å². The maximum Gasteiger partial charge on any atom is 0.251 e. The molecule has 3 nitrogen and oxygen atoms in total. The second-order valence-electron chi connectivity index (χ2n) is 4.29. The predicted molar refractivity (Wildman–Crippen MR) is 71.3 cm³/mol. The Morgan fingerprint density at radius 1 is 1.22 bits per heavy atom. The first-order valence-electron chi connectivity index (χ1n) is 5.95. The highest BCUT2D eigenvalue weighted by molar-refractivity contribution is 5.94. The quantitative estimate of drug-likeness (QED) is 0.896. The highest BCUT2D eigenvalue weighted by Crippen LogP contribution is 2.12. The number of nitrogens with zero attached hydrogens (tertiary/aromatic N) is 1. The monoisotopic (exact) mass is 240 g/mol. The standard InChI is InChI=1S/C15H16N2O/c1-11-10-14(8-9-16-11)15(18)17-12(2)13-6-4-3-5-7-13/h3-10,12H,1-2H3,(H,17,18). The summed E-state index contributed by atoms with van der Waals surface area (Å²) in [7, 11) is 0. The molecule has 0 aliphatic rings. The molecule has 1 N–H and O–H groups in total. The molecule has 2 rings (SSSR count). The van der Waals surface area contributed by atoms with Gasteiger partial charge in [-0.15, -0.1) is 0 Å². The van der Waals surface area contributed by atoms with Gasteiger partial charge in [0.25, 0.3) is 5.91 Å². The van der Waals surface area contributed by atoms with Crippen molar-refractivity contribution >= 4 is 5.91 Å². The summed E-state index contributed by atoms with van der Waals surface area (Å²) in [6.45, 7) is 3.85. The first-order chi connectivity index (χ1) is 8.66. The zero-order valence-electron chi connectivity index (χ0n) is 10.6. The van der Waals surface area contributed by atoms with Gasteiger partial charge in [-0.25, -0.2) is 0 Å². The lowest BCUT2D eigenvalue weighted by Gasteiger charge is -2.14. The normalized spacial score (nSPS) is 11.9. The van der Waals surface area contributed by atoms with E-state index in [4.69, 9.17) is 0 Å². The maximum atomic E-state index is 12.0. The van der Waals surface area contributed by atoms with Crippen molar-refractivity contribution in [1.29, 1.82) is 0 Å². The molecule has 1 heterocycles. The fourth-order valence-corrected chi connectivity index (χ4v) is 1.79. The molecular formula is C15H16N2O. The Morgan fingerprint density at radius 2 is 1.94 bits per heavy atom. The average molecular weight is 240 g/mol. The number of pyridine rings is 1. The lowest BCUT2D eigenvalue weighted by molar-refractivity contribution is 0.0939. The van der Waals surface area contributed by atoms with Crippen LogP contribution in [0.3, 0.4) is 0 Å². The minimum atomic E-state index is -0.0724. The lowest BCUT2D eigenvalue weighted by atomic mass is 10.1. The summed E-state index contributed by atoms with van der Waals surface area (Å²) in [5.74, 6) is -0.0724. The molecule has 0 fully saturated rings. The summed E-state index contributed by atoms with van der Waals surface area (Å²) in [5, 5.41) is 2.97. The van der Waals surface area contributed by atoms with E-state index in [9.17, 15) is 4.79 Å². The first-order valence-corrected chi connectivity index (χ1v) is 5.95. The molecule has 1 amide bonds. The van der Waals surface area contributed by atoms with Gasteiger partial charge in [-0.2, -0.15) is 0 Å². The topological polar surface area (TPSA) is 42.0 Å². The van der Waals surface area contributed by atoms with Crippen LogP contribution in [0.4, 0.5) is 0 Å². The van der Waals surface area contributed by atoms with E-state index in [1.54, 1.807) is 18.3 Å². The summed E-state index contributed by atoms with van der Waals surface area (Å²) in [5.41, 5.74) is 2.58. The number of amides is 1. The first kappa shape index (κ1) is 12.3. The Bertz CT molecular complexity index is 537. The van der Waals surface area contributed by atoms with Crippen molar-refractivity contribution in [2.75, 3.05) is 0 Å². The largest absolute Gasteiger partial charge is 0.346 e. The van der Waals surface area contributed by atoms with Crippen LogP contribution in [0.1, 0.15) is 34.6 Å². The third kappa shape index (κ3) is 2.94. The Labute approximate surface area is 107 Å². The number of carbonyl (C=O) groups is 1. The fourth-order valence-electron chi connectivity index (χ4n) is 1.79. The molecule has 2 aromatic rings. The Kier molecular flexibility index (Phi) is 3.72. The minimum absolute atomic E-state index is 0.00725. The van der Waals surface area contributed by atoms with Crippen LogP contribution in [0.5, 0.6) is 0 Å². The van der Waals surface area contributed by atoms with Crippen LogP contribution in [-0.4, -0.2) is 10.9 Å². The van der Waals surface area contributed by atoms with E-state index < -0.39 is 0 Å². The molecule has 1 aromatic heterocycles. The highest BCUT2D eigenvalue weighted by Gasteiger charge is 2.11. The number of benzene rings is 1. The summed E-state index contributed by atoms with van der Waals surface area (Å²) in [6.07, 6.45) is 1.65. The Hall–Kier alpha value is -2.16. The molecule has 0 bridgehead atoms. The van der Waals surface area contributed by atoms with Gasteiger partial charge in [0.2, 0.25) is 0 Å². The van der Waals surface area contributed by atoms with Crippen LogP contribution in [0.2, 0.25) is 0 Å². The number of aryl methyl sites for hydroxylation is 1. The second kappa shape index (κ2) is 5.45. The maximum absolute atomic E-state index is 12.0. The van der Waals surface area contributed by atoms with Crippen LogP contribution >= 0.6 is 0 Å². The lowest BCUT2D eigenvalue weighted by Crippen LogP contribution is -2.26. The second-order valence-corrected chi connectivity index (χ2v) is 4.29. The van der Waals surface area contributed by atoms with Crippen LogP contribution in [0, 0.1) is 6.92 Å². The Morgan fingerprint density at radius 3 is 2.61 bits per heavy atom. The third-order valence-electron chi connectivity index (χ3n) is 2.81. The SMILES string of the molecule is Cc1cc(C(=O)NC(C)c2ccccc2)ccn1. The van der Waals surface area contributed by atoms with Crippen molar-refractivity contribution in [2.45, 2.75) is 19.9 Å². The molecular weight excluding hydrogens is 224 g/mol. The van der Waals surface area contributed by atoms with Crippen molar-refractivity contribution in [3.63, 3.8) is 0 Å². The van der Waals surface area contributed by atoms with Gasteiger partial charge < -0.3 is 5.32 Å². The molecule has 0 saturated carbocycles. The van der Waals surface area contributed by atoms with Crippen molar-refractivity contribution < 1.29 is 4.79 Å². The third-order valence-corrected chi connectivity index (χ3v) is 2.81. The van der Waals surface area contributed by atoms with Gasteiger partial charge in [0.15, 0.2) is 0 Å². The van der Waals surface area contributed by atoms with Crippen molar-refractivity contribution in [3.05, 3.63) is 65.5 Å². The van der Waals surface area contributed by atoms with Gasteiger partial charge in [-0.3, -0.25) is 9.78 Å². The van der Waals surface area contributed by atoms with Crippen molar-refractivity contribution in [2.24, 2.45) is 0 Å². The summed E-state index contributed by atoms with van der Waals surface area (Å²) >= 11 is 0. The van der Waals surface area contributed by atoms with Gasteiger partial charge in [-0.05, 0) is 31.5 Å². The van der Waals surface area contributed by atoms with Crippen LogP contribution in [-0.2, 0) is 0 Å². The number of rotatable bonds is 3. The van der Waals surface area contributed by atoms with Crippen LogP contribution in [0.15, 0.2) is 48.7 Å². The van der Waals surface area contributed by atoms with E-state index in [1.807, 2.05) is 44.2 Å². The number of hydrogen-bond donors (Lipinski definition) is 1. The van der Waals surface area contributed by atoms with Gasteiger partial charge >= 0.3 is 0 Å². The Balaban J connectivity index is 2.08. The number of carbonyl (C=O) groups excluding carboxylic acids is 1. The minimum Gasteiger partial charge on any atom is -0.346 e. The molecule has 1 unspecified atom stereocenters. The molecule has 92 valence electrons. The van der Waals surface area contributed by atoms with E-state index in [1.165, 1.54) is 0 Å². The molecule has 0 radical (unpaired) electrons. The van der Waals surface area contributed by atoms with E-state index in [0.717, 1.165) is 11.3 Å². The van der Waals surface area contributed by atoms with E-state index in [-0.39, 0.29) is 11.9 Å². The van der Waals surface area contributed by atoms with E-state index in [2.05, 4.69) is 10.3 Å².